The van der Waals surface area contributed by atoms with E-state index in [9.17, 15) is 4.79 Å². The zero-order valence-corrected chi connectivity index (χ0v) is 10.9. The molecule has 1 amide bonds. The highest BCUT2D eigenvalue weighted by Crippen LogP contribution is 2.16. The number of hydrogen-bond acceptors (Lipinski definition) is 2. The molecule has 1 aromatic carbocycles. The maximum Gasteiger partial charge on any atom is 0.223 e. The van der Waals surface area contributed by atoms with Crippen LogP contribution in [0.2, 0.25) is 0 Å². The first kappa shape index (κ1) is 13.6. The van der Waals surface area contributed by atoms with Gasteiger partial charge in [0.2, 0.25) is 5.91 Å². The number of rotatable bonds is 5. The van der Waals surface area contributed by atoms with Crippen molar-refractivity contribution in [3.63, 3.8) is 0 Å². The summed E-state index contributed by atoms with van der Waals surface area (Å²) in [5.74, 6) is 0.255. The Bertz CT molecular complexity index is 355. The van der Waals surface area contributed by atoms with E-state index in [0.717, 1.165) is 24.1 Å². The van der Waals surface area contributed by atoms with Crippen LogP contribution in [0, 0.1) is 5.92 Å². The number of benzene rings is 1. The van der Waals surface area contributed by atoms with E-state index in [1.807, 2.05) is 45.0 Å². The molecule has 1 rings (SSSR count). The summed E-state index contributed by atoms with van der Waals surface area (Å²) in [4.78, 5) is 11.9. The smallest absolute Gasteiger partial charge is 0.223 e. The zero-order valence-electron chi connectivity index (χ0n) is 10.9. The van der Waals surface area contributed by atoms with Crippen molar-refractivity contribution in [2.24, 2.45) is 5.92 Å². The van der Waals surface area contributed by atoms with Crippen molar-refractivity contribution in [3.8, 4) is 0 Å². The SMILES string of the molecule is CCC(CC)C(=O)NC(C)c1ccc(N)cc1. The Hall–Kier alpha value is -1.51. The number of carbonyl (C=O) groups is 1. The van der Waals surface area contributed by atoms with Crippen LogP contribution in [0.4, 0.5) is 5.69 Å². The van der Waals surface area contributed by atoms with Crippen molar-refractivity contribution in [1.82, 2.24) is 5.32 Å². The average molecular weight is 234 g/mol. The molecule has 1 atom stereocenters. The number of hydrogen-bond donors (Lipinski definition) is 2. The molecule has 0 spiro atoms. The summed E-state index contributed by atoms with van der Waals surface area (Å²) < 4.78 is 0. The highest BCUT2D eigenvalue weighted by Gasteiger charge is 2.16. The third-order valence-electron chi connectivity index (χ3n) is 3.15. The molecule has 94 valence electrons. The summed E-state index contributed by atoms with van der Waals surface area (Å²) in [5, 5.41) is 3.04. The minimum absolute atomic E-state index is 0.0312. The Morgan fingerprint density at radius 2 is 1.76 bits per heavy atom. The monoisotopic (exact) mass is 234 g/mol. The number of nitrogens with one attached hydrogen (secondary N) is 1. The molecule has 1 unspecified atom stereocenters. The Morgan fingerprint density at radius 1 is 1.24 bits per heavy atom. The van der Waals surface area contributed by atoms with Crippen molar-refractivity contribution in [2.75, 3.05) is 5.73 Å². The number of amides is 1. The van der Waals surface area contributed by atoms with Crippen molar-refractivity contribution < 1.29 is 4.79 Å². The van der Waals surface area contributed by atoms with E-state index >= 15 is 0 Å². The predicted molar refractivity (Wildman–Crippen MR) is 71.5 cm³/mol. The van der Waals surface area contributed by atoms with E-state index < -0.39 is 0 Å². The Morgan fingerprint density at radius 3 is 2.24 bits per heavy atom. The Labute approximate surface area is 103 Å². The summed E-state index contributed by atoms with van der Waals surface area (Å²) in [6.45, 7) is 6.08. The molecule has 0 heterocycles. The first-order valence-corrected chi connectivity index (χ1v) is 6.24. The third-order valence-corrected chi connectivity index (χ3v) is 3.15. The minimum atomic E-state index is 0.0312. The molecule has 0 saturated carbocycles. The fourth-order valence-electron chi connectivity index (χ4n) is 1.86. The lowest BCUT2D eigenvalue weighted by atomic mass is 10.0. The molecular weight excluding hydrogens is 212 g/mol. The lowest BCUT2D eigenvalue weighted by Crippen LogP contribution is -2.32. The van der Waals surface area contributed by atoms with Crippen LogP contribution < -0.4 is 11.1 Å². The maximum atomic E-state index is 11.9. The van der Waals surface area contributed by atoms with Gasteiger partial charge in [0.1, 0.15) is 0 Å². The van der Waals surface area contributed by atoms with Gasteiger partial charge < -0.3 is 11.1 Å². The second kappa shape index (κ2) is 6.28. The van der Waals surface area contributed by atoms with Crippen LogP contribution in [0.25, 0.3) is 0 Å². The molecule has 0 aliphatic rings. The first-order chi connectivity index (χ1) is 8.08. The van der Waals surface area contributed by atoms with E-state index in [4.69, 9.17) is 5.73 Å². The normalized spacial score (nSPS) is 12.5. The van der Waals surface area contributed by atoms with Gasteiger partial charge in [0.05, 0.1) is 6.04 Å². The van der Waals surface area contributed by atoms with Crippen LogP contribution in [0.15, 0.2) is 24.3 Å². The average Bonchev–Trinajstić information content (AvgIpc) is 2.31. The van der Waals surface area contributed by atoms with Gasteiger partial charge in [-0.1, -0.05) is 26.0 Å². The number of carbonyl (C=O) groups excluding carboxylic acids is 1. The highest BCUT2D eigenvalue weighted by atomic mass is 16.1. The molecule has 0 aliphatic carbocycles. The van der Waals surface area contributed by atoms with Gasteiger partial charge in [-0.05, 0) is 37.5 Å². The van der Waals surface area contributed by atoms with Gasteiger partial charge in [-0.3, -0.25) is 4.79 Å². The standard InChI is InChI=1S/C14H22N2O/c1-4-11(5-2)14(17)16-10(3)12-6-8-13(15)9-7-12/h6-11H,4-5,15H2,1-3H3,(H,16,17). The molecule has 0 bridgehead atoms. The molecule has 0 radical (unpaired) electrons. The van der Waals surface area contributed by atoms with Gasteiger partial charge in [-0.15, -0.1) is 0 Å². The van der Waals surface area contributed by atoms with E-state index in [2.05, 4.69) is 5.32 Å². The molecule has 3 nitrogen and oxygen atoms in total. The largest absolute Gasteiger partial charge is 0.399 e. The van der Waals surface area contributed by atoms with Gasteiger partial charge in [-0.2, -0.15) is 0 Å². The second-order valence-corrected chi connectivity index (χ2v) is 4.41. The highest BCUT2D eigenvalue weighted by molar-refractivity contribution is 5.79. The summed E-state index contributed by atoms with van der Waals surface area (Å²) >= 11 is 0. The van der Waals surface area contributed by atoms with Gasteiger partial charge in [-0.25, -0.2) is 0 Å². The fourth-order valence-corrected chi connectivity index (χ4v) is 1.86. The van der Waals surface area contributed by atoms with Crippen LogP contribution >= 0.6 is 0 Å². The van der Waals surface area contributed by atoms with E-state index in [0.29, 0.717) is 0 Å². The van der Waals surface area contributed by atoms with Crippen molar-refractivity contribution in [3.05, 3.63) is 29.8 Å². The molecule has 1 aromatic rings. The molecule has 17 heavy (non-hydrogen) atoms. The van der Waals surface area contributed by atoms with E-state index in [1.54, 1.807) is 0 Å². The number of anilines is 1. The molecule has 3 heteroatoms. The quantitative estimate of drug-likeness (QED) is 0.770. The predicted octanol–water partition coefficient (Wildman–Crippen LogP) is 2.88. The lowest BCUT2D eigenvalue weighted by molar-refractivity contribution is -0.125. The minimum Gasteiger partial charge on any atom is -0.399 e. The van der Waals surface area contributed by atoms with Crippen molar-refractivity contribution >= 4 is 11.6 Å². The fraction of sp³-hybridized carbons (Fsp3) is 0.500. The molecule has 0 aromatic heterocycles. The van der Waals surface area contributed by atoms with Gasteiger partial charge >= 0.3 is 0 Å². The first-order valence-electron chi connectivity index (χ1n) is 6.24. The topological polar surface area (TPSA) is 55.1 Å². The van der Waals surface area contributed by atoms with Crippen molar-refractivity contribution in [1.29, 1.82) is 0 Å². The van der Waals surface area contributed by atoms with E-state index in [1.165, 1.54) is 0 Å². The second-order valence-electron chi connectivity index (χ2n) is 4.41. The lowest BCUT2D eigenvalue weighted by Gasteiger charge is -2.18. The Kier molecular flexibility index (Phi) is 5.01. The Balaban J connectivity index is 2.62. The molecule has 0 aliphatic heterocycles. The molecule has 0 fully saturated rings. The van der Waals surface area contributed by atoms with Gasteiger partial charge in [0, 0.05) is 11.6 Å². The summed E-state index contributed by atoms with van der Waals surface area (Å²) in [5.41, 5.74) is 7.46. The van der Waals surface area contributed by atoms with Crippen LogP contribution in [0.3, 0.4) is 0 Å². The van der Waals surface area contributed by atoms with E-state index in [-0.39, 0.29) is 17.9 Å². The molecule has 3 N–H and O–H groups in total. The van der Waals surface area contributed by atoms with Gasteiger partial charge in [0.25, 0.3) is 0 Å². The summed E-state index contributed by atoms with van der Waals surface area (Å²) in [7, 11) is 0. The van der Waals surface area contributed by atoms with Crippen LogP contribution in [-0.2, 0) is 4.79 Å². The number of nitrogen functional groups attached to an aromatic ring is 1. The third kappa shape index (κ3) is 3.77. The van der Waals surface area contributed by atoms with Crippen molar-refractivity contribution in [2.45, 2.75) is 39.7 Å². The number of nitrogens with two attached hydrogens (primary N) is 1. The van der Waals surface area contributed by atoms with Gasteiger partial charge in [0.15, 0.2) is 0 Å². The molecular formula is C14H22N2O. The van der Waals surface area contributed by atoms with Crippen LogP contribution in [-0.4, -0.2) is 5.91 Å². The maximum absolute atomic E-state index is 11.9. The summed E-state index contributed by atoms with van der Waals surface area (Å²) in [6, 6.07) is 7.65. The zero-order chi connectivity index (χ0) is 12.8. The summed E-state index contributed by atoms with van der Waals surface area (Å²) in [6.07, 6.45) is 1.77. The van der Waals surface area contributed by atoms with Crippen LogP contribution in [0.1, 0.15) is 45.2 Å². The molecule has 0 saturated heterocycles. The van der Waals surface area contributed by atoms with Crippen LogP contribution in [0.5, 0.6) is 0 Å².